The minimum Gasteiger partial charge on any atom is -0.286 e. The lowest BCUT2D eigenvalue weighted by Gasteiger charge is -2.33. The van der Waals surface area contributed by atoms with Gasteiger partial charge in [0.05, 0.1) is 28.4 Å². The summed E-state index contributed by atoms with van der Waals surface area (Å²) in [5, 5.41) is 7.52. The highest BCUT2D eigenvalue weighted by Gasteiger charge is 2.36. The highest BCUT2D eigenvalue weighted by molar-refractivity contribution is 7.91. The molecule has 0 bridgehead atoms. The standard InChI is InChI=1S/C25H28ClN5O3S3/c1-16-14-17(2)31(28-16)12-11-30(25-27-23-18(3)20(26)8-9-21(23)36-25)24(32)19-6-4-10-29(15-19)37(33,34)22-7-5-13-35-22/h5,7-9,13-14,19H,4,6,10-12,15H2,1-3H3. The number of carbonyl (C=O) groups is 1. The van der Waals surface area contributed by atoms with Crippen molar-refractivity contribution < 1.29 is 13.2 Å². The SMILES string of the molecule is Cc1cc(C)n(CCN(C(=O)C2CCCN(S(=O)(=O)c3cccs3)C2)c2nc3c(C)c(Cl)ccc3s2)n1. The van der Waals surface area contributed by atoms with Gasteiger partial charge in [0.1, 0.15) is 4.21 Å². The van der Waals surface area contributed by atoms with Gasteiger partial charge >= 0.3 is 0 Å². The fraction of sp³-hybridized carbons (Fsp3) is 0.400. The van der Waals surface area contributed by atoms with Gasteiger partial charge in [0, 0.05) is 30.4 Å². The lowest BCUT2D eigenvalue weighted by atomic mass is 9.98. The summed E-state index contributed by atoms with van der Waals surface area (Å²) < 4.78 is 30.9. The minimum absolute atomic E-state index is 0.115. The lowest BCUT2D eigenvalue weighted by molar-refractivity contribution is -0.123. The van der Waals surface area contributed by atoms with E-state index >= 15 is 0 Å². The molecule has 1 aliphatic heterocycles. The van der Waals surface area contributed by atoms with Crippen LogP contribution in [0.1, 0.15) is 29.8 Å². The van der Waals surface area contributed by atoms with E-state index in [0.717, 1.165) is 27.2 Å². The lowest BCUT2D eigenvalue weighted by Crippen LogP contribution is -2.47. The molecule has 1 fully saturated rings. The smallest absolute Gasteiger partial charge is 0.252 e. The van der Waals surface area contributed by atoms with Crippen molar-refractivity contribution in [3.8, 4) is 0 Å². The van der Waals surface area contributed by atoms with Crippen LogP contribution in [0.15, 0.2) is 39.9 Å². The van der Waals surface area contributed by atoms with Gasteiger partial charge in [-0.3, -0.25) is 14.4 Å². The van der Waals surface area contributed by atoms with Gasteiger partial charge in [0.25, 0.3) is 10.0 Å². The molecule has 1 aliphatic rings. The molecule has 37 heavy (non-hydrogen) atoms. The number of aryl methyl sites for hydroxylation is 3. The summed E-state index contributed by atoms with van der Waals surface area (Å²) in [6, 6.07) is 9.11. The first-order valence-electron chi connectivity index (χ1n) is 12.1. The summed E-state index contributed by atoms with van der Waals surface area (Å²) in [4.78, 5) is 20.5. The second-order valence-electron chi connectivity index (χ2n) is 9.29. The Morgan fingerprint density at radius 1 is 1.24 bits per heavy atom. The quantitative estimate of drug-likeness (QED) is 0.299. The Hall–Kier alpha value is -2.31. The van der Waals surface area contributed by atoms with Crippen LogP contribution in [0.5, 0.6) is 0 Å². The molecule has 1 atom stereocenters. The number of aromatic nitrogens is 3. The molecule has 0 N–H and O–H groups in total. The van der Waals surface area contributed by atoms with Gasteiger partial charge < -0.3 is 0 Å². The monoisotopic (exact) mass is 577 g/mol. The van der Waals surface area contributed by atoms with E-state index in [1.807, 2.05) is 43.7 Å². The van der Waals surface area contributed by atoms with E-state index in [-0.39, 0.29) is 12.5 Å². The Labute approximate surface area is 229 Å². The predicted octanol–water partition coefficient (Wildman–Crippen LogP) is 5.27. The molecule has 0 spiro atoms. The number of carbonyl (C=O) groups excluding carboxylic acids is 1. The second kappa shape index (κ2) is 10.5. The number of sulfonamides is 1. The molecule has 1 amide bonds. The molecule has 12 heteroatoms. The van der Waals surface area contributed by atoms with E-state index in [0.29, 0.717) is 46.8 Å². The number of rotatable bonds is 7. The van der Waals surface area contributed by atoms with Gasteiger partial charge in [-0.2, -0.15) is 9.40 Å². The molecule has 3 aromatic heterocycles. The molecule has 0 radical (unpaired) electrons. The van der Waals surface area contributed by atoms with E-state index < -0.39 is 15.9 Å². The Morgan fingerprint density at radius 3 is 2.76 bits per heavy atom. The van der Waals surface area contributed by atoms with E-state index in [1.54, 1.807) is 22.4 Å². The number of hydrogen-bond acceptors (Lipinski definition) is 7. The first-order chi connectivity index (χ1) is 17.6. The number of amides is 1. The first kappa shape index (κ1) is 26.3. The molecule has 196 valence electrons. The molecule has 4 heterocycles. The number of nitrogens with zero attached hydrogens (tertiary/aromatic N) is 5. The largest absolute Gasteiger partial charge is 0.286 e. The maximum Gasteiger partial charge on any atom is 0.252 e. The zero-order valence-electron chi connectivity index (χ0n) is 20.8. The summed E-state index contributed by atoms with van der Waals surface area (Å²) in [6.07, 6.45) is 1.25. The fourth-order valence-corrected chi connectivity index (χ4v) is 8.60. The molecule has 5 rings (SSSR count). The third-order valence-corrected chi connectivity index (χ3v) is 11.4. The highest BCUT2D eigenvalue weighted by atomic mass is 35.5. The van der Waals surface area contributed by atoms with Crippen LogP contribution < -0.4 is 4.90 Å². The minimum atomic E-state index is -3.63. The zero-order valence-corrected chi connectivity index (χ0v) is 24.1. The zero-order chi connectivity index (χ0) is 26.3. The maximum absolute atomic E-state index is 14.0. The van der Waals surface area contributed by atoms with Crippen LogP contribution in [-0.2, 0) is 21.4 Å². The normalized spacial score (nSPS) is 16.9. The fourth-order valence-electron chi connectivity index (χ4n) is 4.72. The van der Waals surface area contributed by atoms with Gasteiger partial charge in [-0.15, -0.1) is 11.3 Å². The molecule has 8 nitrogen and oxygen atoms in total. The number of piperidine rings is 1. The van der Waals surface area contributed by atoms with Gasteiger partial charge in [-0.05, 0) is 68.8 Å². The van der Waals surface area contributed by atoms with Crippen LogP contribution in [0, 0.1) is 26.7 Å². The van der Waals surface area contributed by atoms with Crippen LogP contribution in [0.4, 0.5) is 5.13 Å². The van der Waals surface area contributed by atoms with Crippen molar-refractivity contribution in [1.82, 2.24) is 19.1 Å². The van der Waals surface area contributed by atoms with Gasteiger partial charge in [0.15, 0.2) is 5.13 Å². The molecule has 1 unspecified atom stereocenters. The van der Waals surface area contributed by atoms with Crippen molar-refractivity contribution in [2.75, 3.05) is 24.5 Å². The Kier molecular flexibility index (Phi) is 7.43. The summed E-state index contributed by atoms with van der Waals surface area (Å²) in [5.74, 6) is -0.573. The maximum atomic E-state index is 14.0. The molecular formula is C25H28ClN5O3S3. The van der Waals surface area contributed by atoms with Crippen molar-refractivity contribution in [1.29, 1.82) is 0 Å². The molecular weight excluding hydrogens is 550 g/mol. The number of benzene rings is 1. The van der Waals surface area contributed by atoms with Gasteiger partial charge in [-0.1, -0.05) is 29.0 Å². The van der Waals surface area contributed by atoms with Gasteiger partial charge in [-0.25, -0.2) is 13.4 Å². The summed E-state index contributed by atoms with van der Waals surface area (Å²) >= 11 is 8.98. The summed E-state index contributed by atoms with van der Waals surface area (Å²) in [6.45, 7) is 7.30. The topological polar surface area (TPSA) is 88.4 Å². The van der Waals surface area contributed by atoms with Crippen LogP contribution in [0.2, 0.25) is 5.02 Å². The number of thiazole rings is 1. The Bertz CT molecular complexity index is 1550. The number of halogens is 1. The van der Waals surface area contributed by atoms with Crippen LogP contribution >= 0.6 is 34.3 Å². The first-order valence-corrected chi connectivity index (χ1v) is 15.6. The molecule has 0 aliphatic carbocycles. The van der Waals surface area contributed by atoms with E-state index in [2.05, 4.69) is 5.10 Å². The molecule has 1 aromatic carbocycles. The third kappa shape index (κ3) is 5.20. The number of anilines is 1. The van der Waals surface area contributed by atoms with Crippen molar-refractivity contribution in [3.05, 3.63) is 57.7 Å². The number of fused-ring (bicyclic) bond motifs is 1. The van der Waals surface area contributed by atoms with Crippen LogP contribution in [-0.4, -0.2) is 53.0 Å². The predicted molar refractivity (Wildman–Crippen MR) is 149 cm³/mol. The summed E-state index contributed by atoms with van der Waals surface area (Å²) in [7, 11) is -3.63. The molecule has 4 aromatic rings. The van der Waals surface area contributed by atoms with E-state index in [4.69, 9.17) is 16.6 Å². The third-order valence-electron chi connectivity index (χ3n) is 6.69. The van der Waals surface area contributed by atoms with Crippen LogP contribution in [0.25, 0.3) is 10.2 Å². The summed E-state index contributed by atoms with van der Waals surface area (Å²) in [5.41, 5.74) is 3.59. The number of thiophene rings is 1. The van der Waals surface area contributed by atoms with E-state index in [1.165, 1.54) is 27.0 Å². The van der Waals surface area contributed by atoms with E-state index in [9.17, 15) is 13.2 Å². The Balaban J connectivity index is 1.45. The van der Waals surface area contributed by atoms with Crippen molar-refractivity contribution in [3.63, 3.8) is 0 Å². The second-order valence-corrected chi connectivity index (χ2v) is 13.8. The van der Waals surface area contributed by atoms with Gasteiger partial charge in [0.2, 0.25) is 5.91 Å². The average molecular weight is 578 g/mol. The van der Waals surface area contributed by atoms with Crippen molar-refractivity contribution in [2.24, 2.45) is 5.92 Å². The van der Waals surface area contributed by atoms with Crippen LogP contribution in [0.3, 0.4) is 0 Å². The average Bonchev–Trinajstić information content (AvgIpc) is 3.62. The Morgan fingerprint density at radius 2 is 2.05 bits per heavy atom. The van der Waals surface area contributed by atoms with Crippen molar-refractivity contribution >= 4 is 65.6 Å². The van der Waals surface area contributed by atoms with Crippen molar-refractivity contribution in [2.45, 2.75) is 44.4 Å². The number of hydrogen-bond donors (Lipinski definition) is 0. The highest BCUT2D eigenvalue weighted by Crippen LogP contribution is 2.35. The molecule has 1 saturated heterocycles. The molecule has 0 saturated carbocycles.